The average Bonchev–Trinajstić information content (AvgIpc) is 2.09. The Kier molecular flexibility index (Phi) is 3.85. The van der Waals surface area contributed by atoms with Gasteiger partial charge in [0.05, 0.1) is 4.47 Å². The van der Waals surface area contributed by atoms with Crippen molar-refractivity contribution in [1.29, 1.82) is 0 Å². The lowest BCUT2D eigenvalue weighted by atomic mass is 10.3. The molecule has 0 aromatic heterocycles. The SMILES string of the molecule is CC(=O)Oc1ccc(Br)c(OC(C)=O)c1. The van der Waals surface area contributed by atoms with Gasteiger partial charge in [-0.1, -0.05) is 0 Å². The maximum Gasteiger partial charge on any atom is 0.308 e. The summed E-state index contributed by atoms with van der Waals surface area (Å²) in [7, 11) is 0. The molecule has 0 radical (unpaired) electrons. The number of hydrogen-bond acceptors (Lipinski definition) is 4. The molecule has 0 bridgehead atoms. The van der Waals surface area contributed by atoms with Crippen molar-refractivity contribution in [3.05, 3.63) is 22.7 Å². The minimum Gasteiger partial charge on any atom is -0.427 e. The van der Waals surface area contributed by atoms with Crippen molar-refractivity contribution in [2.45, 2.75) is 13.8 Å². The summed E-state index contributed by atoms with van der Waals surface area (Å²) in [6.45, 7) is 2.60. The first-order valence-electron chi connectivity index (χ1n) is 4.15. The van der Waals surface area contributed by atoms with Crippen molar-refractivity contribution in [2.24, 2.45) is 0 Å². The highest BCUT2D eigenvalue weighted by Gasteiger charge is 2.07. The Hall–Kier alpha value is -1.36. The van der Waals surface area contributed by atoms with Gasteiger partial charge in [0.25, 0.3) is 0 Å². The van der Waals surface area contributed by atoms with Crippen LogP contribution in [-0.4, -0.2) is 11.9 Å². The Labute approximate surface area is 95.3 Å². The lowest BCUT2D eigenvalue weighted by molar-refractivity contribution is -0.132. The van der Waals surface area contributed by atoms with E-state index in [9.17, 15) is 9.59 Å². The number of carbonyl (C=O) groups excluding carboxylic acids is 2. The number of hydrogen-bond donors (Lipinski definition) is 0. The molecular formula is C10H9BrO4. The molecule has 80 valence electrons. The fourth-order valence-electron chi connectivity index (χ4n) is 0.946. The smallest absolute Gasteiger partial charge is 0.308 e. The molecule has 0 fully saturated rings. The average molecular weight is 273 g/mol. The summed E-state index contributed by atoms with van der Waals surface area (Å²) in [5.41, 5.74) is 0. The molecule has 1 aromatic carbocycles. The van der Waals surface area contributed by atoms with Crippen LogP contribution in [0.3, 0.4) is 0 Å². The molecule has 1 aromatic rings. The summed E-state index contributed by atoms with van der Waals surface area (Å²) < 4.78 is 10.3. The first kappa shape index (κ1) is 11.7. The van der Waals surface area contributed by atoms with Crippen molar-refractivity contribution in [2.75, 3.05) is 0 Å². The van der Waals surface area contributed by atoms with Gasteiger partial charge in [0.15, 0.2) is 0 Å². The van der Waals surface area contributed by atoms with Crippen molar-refractivity contribution < 1.29 is 19.1 Å². The lowest BCUT2D eigenvalue weighted by Crippen LogP contribution is -2.04. The van der Waals surface area contributed by atoms with E-state index in [1.807, 2.05) is 0 Å². The zero-order valence-electron chi connectivity index (χ0n) is 8.24. The number of ether oxygens (including phenoxy) is 2. The van der Waals surface area contributed by atoms with Crippen LogP contribution in [0.5, 0.6) is 11.5 Å². The Balaban J connectivity index is 2.94. The number of carbonyl (C=O) groups is 2. The van der Waals surface area contributed by atoms with Gasteiger partial charge in [0.2, 0.25) is 0 Å². The van der Waals surface area contributed by atoms with Gasteiger partial charge in [0, 0.05) is 19.9 Å². The molecule has 0 N–H and O–H groups in total. The first-order chi connectivity index (χ1) is 6.99. The van der Waals surface area contributed by atoms with Crippen molar-refractivity contribution in [1.82, 2.24) is 0 Å². The minimum atomic E-state index is -0.435. The predicted octanol–water partition coefficient (Wildman–Crippen LogP) is 2.30. The van der Waals surface area contributed by atoms with Gasteiger partial charge < -0.3 is 9.47 Å². The minimum absolute atomic E-state index is 0.321. The topological polar surface area (TPSA) is 52.6 Å². The van der Waals surface area contributed by atoms with E-state index in [0.29, 0.717) is 16.0 Å². The van der Waals surface area contributed by atoms with Gasteiger partial charge in [0.1, 0.15) is 11.5 Å². The van der Waals surface area contributed by atoms with Crippen LogP contribution in [0.1, 0.15) is 13.8 Å². The van der Waals surface area contributed by atoms with E-state index in [1.54, 1.807) is 12.1 Å². The summed E-state index contributed by atoms with van der Waals surface area (Å²) in [5, 5.41) is 0. The van der Waals surface area contributed by atoms with Crippen molar-refractivity contribution in [3.8, 4) is 11.5 Å². The summed E-state index contributed by atoms with van der Waals surface area (Å²) in [5.74, 6) is -0.204. The van der Waals surface area contributed by atoms with E-state index in [2.05, 4.69) is 15.9 Å². The van der Waals surface area contributed by atoms with E-state index >= 15 is 0 Å². The number of benzene rings is 1. The summed E-state index contributed by atoms with van der Waals surface area (Å²) >= 11 is 3.21. The third-order valence-electron chi connectivity index (χ3n) is 1.42. The van der Waals surface area contributed by atoms with Crippen LogP contribution in [0.4, 0.5) is 0 Å². The number of esters is 2. The van der Waals surface area contributed by atoms with Crippen LogP contribution in [0.25, 0.3) is 0 Å². The molecule has 0 aliphatic carbocycles. The first-order valence-corrected chi connectivity index (χ1v) is 4.94. The molecule has 0 aliphatic heterocycles. The standard InChI is InChI=1S/C10H9BrO4/c1-6(12)14-8-3-4-9(11)10(5-8)15-7(2)13/h3-5H,1-2H3. The molecule has 0 spiro atoms. The summed E-state index contributed by atoms with van der Waals surface area (Å²) in [6, 6.07) is 4.70. The van der Waals surface area contributed by atoms with Crippen LogP contribution in [0.2, 0.25) is 0 Å². The van der Waals surface area contributed by atoms with E-state index in [-0.39, 0.29) is 0 Å². The van der Waals surface area contributed by atoms with Crippen LogP contribution >= 0.6 is 15.9 Å². The third-order valence-corrected chi connectivity index (χ3v) is 2.07. The molecule has 5 heteroatoms. The second-order valence-corrected chi connectivity index (χ2v) is 3.63. The Morgan fingerprint density at radius 2 is 1.73 bits per heavy atom. The third kappa shape index (κ3) is 3.71. The predicted molar refractivity (Wildman–Crippen MR) is 56.8 cm³/mol. The zero-order chi connectivity index (χ0) is 11.4. The van der Waals surface area contributed by atoms with E-state index < -0.39 is 11.9 Å². The van der Waals surface area contributed by atoms with E-state index in [4.69, 9.17) is 9.47 Å². The molecule has 0 heterocycles. The molecule has 0 amide bonds. The highest BCUT2D eigenvalue weighted by Crippen LogP contribution is 2.29. The van der Waals surface area contributed by atoms with Crippen LogP contribution in [0, 0.1) is 0 Å². The summed E-state index contributed by atoms with van der Waals surface area (Å²) in [4.78, 5) is 21.4. The summed E-state index contributed by atoms with van der Waals surface area (Å²) in [6.07, 6.45) is 0. The van der Waals surface area contributed by atoms with Crippen molar-refractivity contribution in [3.63, 3.8) is 0 Å². The van der Waals surface area contributed by atoms with E-state index in [1.165, 1.54) is 19.9 Å². The molecular weight excluding hydrogens is 264 g/mol. The maximum atomic E-state index is 10.7. The lowest BCUT2D eigenvalue weighted by Gasteiger charge is -2.06. The fraction of sp³-hybridized carbons (Fsp3) is 0.200. The largest absolute Gasteiger partial charge is 0.427 e. The number of halogens is 1. The zero-order valence-corrected chi connectivity index (χ0v) is 9.83. The van der Waals surface area contributed by atoms with Gasteiger partial charge >= 0.3 is 11.9 Å². The molecule has 0 saturated heterocycles. The second-order valence-electron chi connectivity index (χ2n) is 2.78. The van der Waals surface area contributed by atoms with Crippen molar-refractivity contribution >= 4 is 27.9 Å². The van der Waals surface area contributed by atoms with Gasteiger partial charge in [-0.3, -0.25) is 9.59 Å². The van der Waals surface area contributed by atoms with Crippen LogP contribution in [0.15, 0.2) is 22.7 Å². The molecule has 0 saturated carbocycles. The van der Waals surface area contributed by atoms with Crippen LogP contribution < -0.4 is 9.47 Å². The molecule has 0 atom stereocenters. The monoisotopic (exact) mass is 272 g/mol. The molecule has 4 nitrogen and oxygen atoms in total. The molecule has 0 aliphatic rings. The van der Waals surface area contributed by atoms with Gasteiger partial charge in [-0.2, -0.15) is 0 Å². The van der Waals surface area contributed by atoms with Crippen LogP contribution in [-0.2, 0) is 9.59 Å². The maximum absolute atomic E-state index is 10.7. The van der Waals surface area contributed by atoms with Gasteiger partial charge in [-0.05, 0) is 28.1 Å². The molecule has 15 heavy (non-hydrogen) atoms. The Bertz CT molecular complexity index is 400. The number of rotatable bonds is 2. The van der Waals surface area contributed by atoms with Gasteiger partial charge in [-0.25, -0.2) is 0 Å². The Morgan fingerprint density at radius 1 is 1.13 bits per heavy atom. The fourth-order valence-corrected chi connectivity index (χ4v) is 1.27. The molecule has 0 unspecified atom stereocenters. The van der Waals surface area contributed by atoms with Gasteiger partial charge in [-0.15, -0.1) is 0 Å². The quantitative estimate of drug-likeness (QED) is 0.612. The Morgan fingerprint density at radius 3 is 2.27 bits per heavy atom. The molecule has 1 rings (SSSR count). The second kappa shape index (κ2) is 4.93. The normalized spacial score (nSPS) is 9.53. The highest BCUT2D eigenvalue weighted by atomic mass is 79.9. The van der Waals surface area contributed by atoms with E-state index in [0.717, 1.165) is 0 Å². The highest BCUT2D eigenvalue weighted by molar-refractivity contribution is 9.10.